The lowest BCUT2D eigenvalue weighted by Crippen LogP contribution is -2.10. The molecule has 0 spiro atoms. The van der Waals surface area contributed by atoms with E-state index in [1.165, 1.54) is 0 Å². The molecule has 18 heavy (non-hydrogen) atoms. The summed E-state index contributed by atoms with van der Waals surface area (Å²) in [4.78, 5) is 11.0. The van der Waals surface area contributed by atoms with Crippen LogP contribution in [0.25, 0.3) is 11.1 Å². The van der Waals surface area contributed by atoms with E-state index in [9.17, 15) is 4.79 Å². The first-order valence-electron chi connectivity index (χ1n) is 5.84. The number of amides is 1. The lowest BCUT2D eigenvalue weighted by molar-refractivity contribution is 0.100. The molecule has 0 bridgehead atoms. The van der Waals surface area contributed by atoms with Crippen molar-refractivity contribution in [1.29, 1.82) is 0 Å². The second kappa shape index (κ2) is 5.36. The van der Waals surface area contributed by atoms with Crippen molar-refractivity contribution in [1.82, 2.24) is 0 Å². The third-order valence-electron chi connectivity index (χ3n) is 2.67. The van der Waals surface area contributed by atoms with E-state index in [1.807, 2.05) is 43.3 Å². The monoisotopic (exact) mass is 241 g/mol. The third kappa shape index (κ3) is 2.69. The van der Waals surface area contributed by atoms with Gasteiger partial charge in [0, 0.05) is 5.56 Å². The molecule has 0 fully saturated rings. The molecule has 0 aliphatic rings. The quantitative estimate of drug-likeness (QED) is 0.894. The molecule has 0 aliphatic carbocycles. The summed E-state index contributed by atoms with van der Waals surface area (Å²) >= 11 is 0. The van der Waals surface area contributed by atoms with Crippen molar-refractivity contribution < 1.29 is 9.53 Å². The normalized spacial score (nSPS) is 10.1. The number of nitrogens with two attached hydrogens (primary N) is 1. The molecule has 0 unspecified atom stereocenters. The Morgan fingerprint density at radius 3 is 1.94 bits per heavy atom. The molecule has 0 atom stereocenters. The van der Waals surface area contributed by atoms with E-state index in [2.05, 4.69) is 0 Å². The summed E-state index contributed by atoms with van der Waals surface area (Å²) in [6, 6.07) is 15.1. The predicted octanol–water partition coefficient (Wildman–Crippen LogP) is 2.85. The summed E-state index contributed by atoms with van der Waals surface area (Å²) in [5, 5.41) is 0. The maximum atomic E-state index is 11.0. The Kier molecular flexibility index (Phi) is 3.63. The van der Waals surface area contributed by atoms with E-state index in [-0.39, 0.29) is 0 Å². The minimum absolute atomic E-state index is 0.409. The van der Waals surface area contributed by atoms with Gasteiger partial charge in [-0.1, -0.05) is 24.3 Å². The topological polar surface area (TPSA) is 52.3 Å². The fourth-order valence-corrected chi connectivity index (χ4v) is 1.74. The molecule has 2 aromatic carbocycles. The van der Waals surface area contributed by atoms with Gasteiger partial charge in [-0.2, -0.15) is 0 Å². The van der Waals surface area contributed by atoms with Gasteiger partial charge in [0.1, 0.15) is 5.75 Å². The Labute approximate surface area is 106 Å². The van der Waals surface area contributed by atoms with Crippen molar-refractivity contribution in [2.75, 3.05) is 6.61 Å². The van der Waals surface area contributed by atoms with Crippen LogP contribution in [0.4, 0.5) is 0 Å². The summed E-state index contributed by atoms with van der Waals surface area (Å²) < 4.78 is 5.39. The first-order valence-corrected chi connectivity index (χ1v) is 5.84. The van der Waals surface area contributed by atoms with Gasteiger partial charge in [-0.05, 0) is 42.3 Å². The van der Waals surface area contributed by atoms with Gasteiger partial charge in [-0.3, -0.25) is 4.79 Å². The SMILES string of the molecule is CCOc1ccc(-c2ccc(C(N)=O)cc2)cc1. The number of carbonyl (C=O) groups is 1. The van der Waals surface area contributed by atoms with Crippen LogP contribution < -0.4 is 10.5 Å². The van der Waals surface area contributed by atoms with E-state index in [4.69, 9.17) is 10.5 Å². The van der Waals surface area contributed by atoms with Gasteiger partial charge >= 0.3 is 0 Å². The lowest BCUT2D eigenvalue weighted by Gasteiger charge is -2.05. The van der Waals surface area contributed by atoms with Crippen molar-refractivity contribution in [2.45, 2.75) is 6.92 Å². The van der Waals surface area contributed by atoms with Crippen LogP contribution in [0.3, 0.4) is 0 Å². The molecule has 2 aromatic rings. The minimum atomic E-state index is -0.409. The molecule has 3 nitrogen and oxygen atoms in total. The maximum absolute atomic E-state index is 11.0. The molecule has 0 aromatic heterocycles. The van der Waals surface area contributed by atoms with Gasteiger partial charge in [0.25, 0.3) is 0 Å². The second-order valence-electron chi connectivity index (χ2n) is 3.90. The highest BCUT2D eigenvalue weighted by molar-refractivity contribution is 5.93. The van der Waals surface area contributed by atoms with E-state index in [0.717, 1.165) is 16.9 Å². The molecule has 0 radical (unpaired) electrons. The first-order chi connectivity index (χ1) is 8.70. The highest BCUT2D eigenvalue weighted by Crippen LogP contribution is 2.22. The van der Waals surface area contributed by atoms with Crippen molar-refractivity contribution in [3.8, 4) is 16.9 Å². The fraction of sp³-hybridized carbons (Fsp3) is 0.133. The second-order valence-corrected chi connectivity index (χ2v) is 3.90. The van der Waals surface area contributed by atoms with E-state index < -0.39 is 5.91 Å². The van der Waals surface area contributed by atoms with Crippen LogP contribution in [0, 0.1) is 0 Å². The highest BCUT2D eigenvalue weighted by Gasteiger charge is 2.02. The van der Waals surface area contributed by atoms with E-state index in [1.54, 1.807) is 12.1 Å². The average Bonchev–Trinajstić information content (AvgIpc) is 2.40. The van der Waals surface area contributed by atoms with Crippen molar-refractivity contribution >= 4 is 5.91 Å². The zero-order valence-electron chi connectivity index (χ0n) is 10.2. The summed E-state index contributed by atoms with van der Waals surface area (Å²) in [5.41, 5.74) is 7.84. The van der Waals surface area contributed by atoms with E-state index in [0.29, 0.717) is 12.2 Å². The first kappa shape index (κ1) is 12.2. The number of rotatable bonds is 4. The van der Waals surface area contributed by atoms with Crippen LogP contribution in [0.5, 0.6) is 5.75 Å². The molecule has 0 saturated carbocycles. The lowest BCUT2D eigenvalue weighted by atomic mass is 10.0. The Balaban J connectivity index is 2.23. The average molecular weight is 241 g/mol. The summed E-state index contributed by atoms with van der Waals surface area (Å²) in [6.07, 6.45) is 0. The molecule has 92 valence electrons. The zero-order chi connectivity index (χ0) is 13.0. The molecule has 0 aliphatic heterocycles. The molecule has 0 heterocycles. The minimum Gasteiger partial charge on any atom is -0.494 e. The Morgan fingerprint density at radius 1 is 1.00 bits per heavy atom. The van der Waals surface area contributed by atoms with Gasteiger partial charge in [0.15, 0.2) is 0 Å². The number of benzene rings is 2. The van der Waals surface area contributed by atoms with E-state index >= 15 is 0 Å². The van der Waals surface area contributed by atoms with Crippen molar-refractivity contribution in [3.63, 3.8) is 0 Å². The number of hydrogen-bond donors (Lipinski definition) is 1. The Bertz CT molecular complexity index is 529. The molecule has 2 N–H and O–H groups in total. The van der Waals surface area contributed by atoms with Crippen LogP contribution in [0.2, 0.25) is 0 Å². The maximum Gasteiger partial charge on any atom is 0.248 e. The molecular formula is C15H15NO2. The number of carbonyl (C=O) groups excluding carboxylic acids is 1. The summed E-state index contributed by atoms with van der Waals surface area (Å²) in [6.45, 7) is 2.61. The van der Waals surface area contributed by atoms with Crippen molar-refractivity contribution in [2.24, 2.45) is 5.73 Å². The van der Waals surface area contributed by atoms with Crippen molar-refractivity contribution in [3.05, 3.63) is 54.1 Å². The molecule has 2 rings (SSSR count). The number of primary amides is 1. The number of ether oxygens (including phenoxy) is 1. The summed E-state index contributed by atoms with van der Waals surface area (Å²) in [7, 11) is 0. The van der Waals surface area contributed by atoms with Gasteiger partial charge < -0.3 is 10.5 Å². The fourth-order valence-electron chi connectivity index (χ4n) is 1.74. The number of hydrogen-bond acceptors (Lipinski definition) is 2. The van der Waals surface area contributed by atoms with Gasteiger partial charge in [0.05, 0.1) is 6.61 Å². The standard InChI is InChI=1S/C15H15NO2/c1-2-18-14-9-7-12(8-10-14)11-3-5-13(6-4-11)15(16)17/h3-10H,2H2,1H3,(H2,16,17). The van der Waals surface area contributed by atoms with Gasteiger partial charge in [-0.15, -0.1) is 0 Å². The molecule has 0 saturated heterocycles. The van der Waals surface area contributed by atoms with Crippen LogP contribution in [-0.4, -0.2) is 12.5 Å². The Hall–Kier alpha value is -2.29. The van der Waals surface area contributed by atoms with Gasteiger partial charge in [-0.25, -0.2) is 0 Å². The Morgan fingerprint density at radius 2 is 1.50 bits per heavy atom. The largest absolute Gasteiger partial charge is 0.494 e. The molecule has 3 heteroatoms. The predicted molar refractivity (Wildman–Crippen MR) is 71.6 cm³/mol. The smallest absolute Gasteiger partial charge is 0.248 e. The van der Waals surface area contributed by atoms with Gasteiger partial charge in [0.2, 0.25) is 5.91 Å². The van der Waals surface area contributed by atoms with Crippen LogP contribution in [0.15, 0.2) is 48.5 Å². The third-order valence-corrected chi connectivity index (χ3v) is 2.67. The zero-order valence-corrected chi connectivity index (χ0v) is 10.2. The highest BCUT2D eigenvalue weighted by atomic mass is 16.5. The molecular weight excluding hydrogens is 226 g/mol. The van der Waals surface area contributed by atoms with Crippen LogP contribution >= 0.6 is 0 Å². The van der Waals surface area contributed by atoms with Crippen LogP contribution in [-0.2, 0) is 0 Å². The summed E-state index contributed by atoms with van der Waals surface area (Å²) in [5.74, 6) is 0.447. The van der Waals surface area contributed by atoms with Crippen LogP contribution in [0.1, 0.15) is 17.3 Å². The molecule has 1 amide bonds.